The van der Waals surface area contributed by atoms with E-state index in [0.29, 0.717) is 10.3 Å². The van der Waals surface area contributed by atoms with Crippen molar-refractivity contribution in [3.8, 4) is 0 Å². The average Bonchev–Trinajstić information content (AvgIpc) is 2.54. The van der Waals surface area contributed by atoms with Gasteiger partial charge in [-0.25, -0.2) is 4.79 Å². The predicted molar refractivity (Wildman–Crippen MR) is 78.4 cm³/mol. The fourth-order valence-corrected chi connectivity index (χ4v) is 1.80. The van der Waals surface area contributed by atoms with Gasteiger partial charge in [0, 0.05) is 26.2 Å². The zero-order valence-electron chi connectivity index (χ0n) is 12.0. The first kappa shape index (κ1) is 16.5. The molecule has 7 nitrogen and oxygen atoms in total. The highest BCUT2D eigenvalue weighted by atomic mass is 79.9. The van der Waals surface area contributed by atoms with E-state index >= 15 is 0 Å². The molecule has 0 aliphatic carbocycles. The number of nitrogens with one attached hydrogen (secondary N) is 2. The molecule has 2 amide bonds. The van der Waals surface area contributed by atoms with Crippen LogP contribution in [0, 0.1) is 0 Å². The number of aromatic nitrogens is 2. The van der Waals surface area contributed by atoms with Crippen LogP contribution in [0.5, 0.6) is 0 Å². The van der Waals surface area contributed by atoms with Gasteiger partial charge in [-0.2, -0.15) is 5.10 Å². The van der Waals surface area contributed by atoms with Gasteiger partial charge >= 0.3 is 6.09 Å². The Balaban J connectivity index is 2.30. The largest absolute Gasteiger partial charge is 0.444 e. The minimum Gasteiger partial charge on any atom is -0.444 e. The lowest BCUT2D eigenvalue weighted by Crippen LogP contribution is -2.34. The van der Waals surface area contributed by atoms with Crippen LogP contribution >= 0.6 is 15.9 Å². The van der Waals surface area contributed by atoms with Crippen LogP contribution < -0.4 is 10.6 Å². The van der Waals surface area contributed by atoms with Gasteiger partial charge in [0.15, 0.2) is 4.60 Å². The van der Waals surface area contributed by atoms with E-state index in [0.717, 1.165) is 0 Å². The Morgan fingerprint density at radius 2 is 2.10 bits per heavy atom. The fraction of sp³-hybridized carbons (Fsp3) is 0.583. The second-order valence-electron chi connectivity index (χ2n) is 5.23. The number of rotatable bonds is 4. The van der Waals surface area contributed by atoms with Crippen LogP contribution in [0.3, 0.4) is 0 Å². The van der Waals surface area contributed by atoms with E-state index in [1.807, 2.05) is 0 Å². The summed E-state index contributed by atoms with van der Waals surface area (Å²) in [6.07, 6.45) is 1.30. The average molecular weight is 347 g/mol. The number of alkyl carbamates (subject to hydrolysis) is 1. The summed E-state index contributed by atoms with van der Waals surface area (Å²) in [6.45, 7) is 5.54. The van der Waals surface area contributed by atoms with Crippen LogP contribution in [-0.4, -0.2) is 33.9 Å². The second kappa shape index (κ2) is 6.74. The zero-order valence-corrected chi connectivity index (χ0v) is 13.6. The second-order valence-corrected chi connectivity index (χ2v) is 5.99. The number of aryl methyl sites for hydroxylation is 1. The molecule has 0 unspecified atom stereocenters. The lowest BCUT2D eigenvalue weighted by Gasteiger charge is -2.19. The number of hydrogen-bond donors (Lipinski definition) is 2. The molecule has 1 heterocycles. The van der Waals surface area contributed by atoms with Crippen molar-refractivity contribution in [2.45, 2.75) is 32.8 Å². The van der Waals surface area contributed by atoms with E-state index in [1.165, 1.54) is 0 Å². The molecule has 1 rings (SSSR count). The smallest absolute Gasteiger partial charge is 0.407 e. The minimum absolute atomic E-state index is 0.153. The molecule has 1 aromatic heterocycles. The molecule has 8 heteroatoms. The molecule has 20 heavy (non-hydrogen) atoms. The van der Waals surface area contributed by atoms with E-state index in [4.69, 9.17) is 4.74 Å². The van der Waals surface area contributed by atoms with Crippen molar-refractivity contribution in [3.63, 3.8) is 0 Å². The number of carbonyl (C=O) groups is 2. The summed E-state index contributed by atoms with van der Waals surface area (Å²) in [6, 6.07) is 0. The van der Waals surface area contributed by atoms with Crippen molar-refractivity contribution in [1.29, 1.82) is 0 Å². The molecular weight excluding hydrogens is 328 g/mol. The first-order valence-electron chi connectivity index (χ1n) is 6.13. The summed E-state index contributed by atoms with van der Waals surface area (Å²) in [5.74, 6) is -0.213. The molecule has 0 radical (unpaired) electrons. The highest BCUT2D eigenvalue weighted by molar-refractivity contribution is 9.10. The monoisotopic (exact) mass is 346 g/mol. The Bertz CT molecular complexity index is 493. The van der Waals surface area contributed by atoms with Crippen LogP contribution in [0.15, 0.2) is 10.8 Å². The third kappa shape index (κ3) is 6.05. The maximum Gasteiger partial charge on any atom is 0.407 e. The van der Waals surface area contributed by atoms with Crippen LogP contribution in [0.1, 0.15) is 27.2 Å². The number of amides is 2. The molecule has 0 bridgehead atoms. The van der Waals surface area contributed by atoms with Crippen LogP contribution in [0.25, 0.3) is 0 Å². The van der Waals surface area contributed by atoms with Gasteiger partial charge in [0.1, 0.15) is 5.60 Å². The third-order valence-corrected chi connectivity index (χ3v) is 2.66. The lowest BCUT2D eigenvalue weighted by molar-refractivity contribution is -0.116. The highest BCUT2D eigenvalue weighted by Gasteiger charge is 2.16. The van der Waals surface area contributed by atoms with Crippen molar-refractivity contribution in [2.75, 3.05) is 11.9 Å². The highest BCUT2D eigenvalue weighted by Crippen LogP contribution is 2.19. The summed E-state index contributed by atoms with van der Waals surface area (Å²) >= 11 is 3.23. The maximum atomic E-state index is 11.7. The molecule has 0 aromatic carbocycles. The summed E-state index contributed by atoms with van der Waals surface area (Å²) < 4.78 is 7.20. The number of nitrogens with zero attached hydrogens (tertiary/aromatic N) is 2. The van der Waals surface area contributed by atoms with Crippen molar-refractivity contribution >= 4 is 33.6 Å². The number of anilines is 1. The Morgan fingerprint density at radius 3 is 2.60 bits per heavy atom. The van der Waals surface area contributed by atoms with E-state index < -0.39 is 11.7 Å². The molecule has 0 atom stereocenters. The Morgan fingerprint density at radius 1 is 1.45 bits per heavy atom. The number of ether oxygens (including phenoxy) is 1. The van der Waals surface area contributed by atoms with Gasteiger partial charge in [-0.3, -0.25) is 9.48 Å². The number of hydrogen-bond acceptors (Lipinski definition) is 4. The standard InChI is InChI=1S/C12H19BrN4O3/c1-12(2,3)20-11(19)14-6-5-9(18)15-8-7-17(4)16-10(8)13/h7H,5-6H2,1-4H3,(H,14,19)(H,15,18). The minimum atomic E-state index is -0.549. The summed E-state index contributed by atoms with van der Waals surface area (Å²) in [5.41, 5.74) is 0.0437. The molecule has 2 N–H and O–H groups in total. The SMILES string of the molecule is Cn1cc(NC(=O)CCNC(=O)OC(C)(C)C)c(Br)n1. The van der Waals surface area contributed by atoms with Crippen LogP contribution in [-0.2, 0) is 16.6 Å². The summed E-state index contributed by atoms with van der Waals surface area (Å²) in [4.78, 5) is 23.0. The van der Waals surface area contributed by atoms with Crippen LogP contribution in [0.2, 0.25) is 0 Å². The molecule has 0 aliphatic rings. The molecule has 0 saturated carbocycles. The van der Waals surface area contributed by atoms with Gasteiger partial charge in [-0.05, 0) is 36.7 Å². The van der Waals surface area contributed by atoms with Gasteiger partial charge in [-0.1, -0.05) is 0 Å². The predicted octanol–water partition coefficient (Wildman–Crippen LogP) is 2.04. The maximum absolute atomic E-state index is 11.7. The van der Waals surface area contributed by atoms with Gasteiger partial charge in [0.2, 0.25) is 5.91 Å². The topological polar surface area (TPSA) is 85.2 Å². The van der Waals surface area contributed by atoms with Gasteiger partial charge in [0.25, 0.3) is 0 Å². The van der Waals surface area contributed by atoms with E-state index in [9.17, 15) is 9.59 Å². The van der Waals surface area contributed by atoms with Crippen molar-refractivity contribution in [3.05, 3.63) is 10.8 Å². The van der Waals surface area contributed by atoms with Crippen LogP contribution in [0.4, 0.5) is 10.5 Å². The fourth-order valence-electron chi connectivity index (χ4n) is 1.35. The zero-order chi connectivity index (χ0) is 15.3. The molecule has 0 fully saturated rings. The van der Waals surface area contributed by atoms with Gasteiger partial charge in [0.05, 0.1) is 5.69 Å². The van der Waals surface area contributed by atoms with Gasteiger partial charge < -0.3 is 15.4 Å². The molecule has 1 aromatic rings. The molecule has 0 spiro atoms. The normalized spacial score (nSPS) is 11.1. The molecule has 0 saturated heterocycles. The van der Waals surface area contributed by atoms with E-state index in [1.54, 1.807) is 38.7 Å². The Labute approximate surface area is 126 Å². The Hall–Kier alpha value is -1.57. The van der Waals surface area contributed by atoms with Crippen molar-refractivity contribution in [2.24, 2.45) is 7.05 Å². The third-order valence-electron chi connectivity index (χ3n) is 2.08. The van der Waals surface area contributed by atoms with E-state index in [2.05, 4.69) is 31.7 Å². The lowest BCUT2D eigenvalue weighted by atomic mass is 10.2. The van der Waals surface area contributed by atoms with Gasteiger partial charge in [-0.15, -0.1) is 0 Å². The quantitative estimate of drug-likeness (QED) is 0.873. The van der Waals surface area contributed by atoms with Crippen molar-refractivity contribution < 1.29 is 14.3 Å². The number of halogens is 1. The first-order valence-corrected chi connectivity index (χ1v) is 6.92. The molecular formula is C12H19BrN4O3. The summed E-state index contributed by atoms with van der Waals surface area (Å²) in [7, 11) is 1.75. The summed E-state index contributed by atoms with van der Waals surface area (Å²) in [5, 5.41) is 9.25. The molecule has 0 aliphatic heterocycles. The molecule has 112 valence electrons. The van der Waals surface area contributed by atoms with E-state index in [-0.39, 0.29) is 18.9 Å². The Kier molecular flexibility index (Phi) is 5.55. The first-order chi connectivity index (χ1) is 9.17. The number of carbonyl (C=O) groups excluding carboxylic acids is 2. The van der Waals surface area contributed by atoms with Crippen molar-refractivity contribution in [1.82, 2.24) is 15.1 Å².